The van der Waals surface area contributed by atoms with Crippen molar-refractivity contribution >= 4 is 17.2 Å². The lowest BCUT2D eigenvalue weighted by atomic mass is 10.1. The third kappa shape index (κ3) is 3.09. The number of rotatable bonds is 2. The summed E-state index contributed by atoms with van der Waals surface area (Å²) in [6.45, 7) is 0. The Balaban J connectivity index is 2.17. The number of amides is 1. The predicted molar refractivity (Wildman–Crippen MR) is 71.1 cm³/mol. The molecule has 0 radical (unpaired) electrons. The second-order valence-corrected chi connectivity index (χ2v) is 4.43. The van der Waals surface area contributed by atoms with E-state index in [0.717, 1.165) is 28.2 Å². The number of carbonyl (C=O) groups excluding carboxylic acids is 1. The zero-order valence-electron chi connectivity index (χ0n) is 9.40. The van der Waals surface area contributed by atoms with E-state index in [1.165, 1.54) is 0 Å². The monoisotopic (exact) mass is 258 g/mol. The standard InChI is InChI=1S/C13H10N2O2S/c14-12(16)3-1-2-9-4-6-10(7-5-9)11-8-18-13(17)15-11/h4-8H,3H2,(H2,14,16)(H,15,17). The first kappa shape index (κ1) is 12.1. The van der Waals surface area contributed by atoms with Crippen LogP contribution in [0.25, 0.3) is 11.3 Å². The van der Waals surface area contributed by atoms with E-state index in [9.17, 15) is 9.59 Å². The second kappa shape index (κ2) is 5.34. The van der Waals surface area contributed by atoms with Crippen LogP contribution in [0.15, 0.2) is 34.4 Å². The minimum Gasteiger partial charge on any atom is -0.369 e. The van der Waals surface area contributed by atoms with Gasteiger partial charge in [-0.15, -0.1) is 0 Å². The average molecular weight is 258 g/mol. The molecule has 0 saturated carbocycles. The predicted octanol–water partition coefficient (Wildman–Crippen LogP) is 1.33. The first-order valence-corrected chi connectivity index (χ1v) is 6.08. The van der Waals surface area contributed by atoms with Crippen molar-refractivity contribution in [3.8, 4) is 23.1 Å². The van der Waals surface area contributed by atoms with Gasteiger partial charge in [0.25, 0.3) is 0 Å². The molecule has 0 aliphatic rings. The molecule has 0 aliphatic carbocycles. The molecule has 1 aromatic heterocycles. The summed E-state index contributed by atoms with van der Waals surface area (Å²) in [4.78, 5) is 24.2. The number of nitrogens with two attached hydrogens (primary N) is 1. The van der Waals surface area contributed by atoms with Crippen LogP contribution in [-0.2, 0) is 4.79 Å². The molecule has 0 fully saturated rings. The average Bonchev–Trinajstić information content (AvgIpc) is 2.76. The van der Waals surface area contributed by atoms with Crippen LogP contribution in [-0.4, -0.2) is 10.9 Å². The number of aromatic amines is 1. The first-order chi connectivity index (χ1) is 8.65. The first-order valence-electron chi connectivity index (χ1n) is 5.20. The number of nitrogens with one attached hydrogen (secondary N) is 1. The van der Waals surface area contributed by atoms with Crippen LogP contribution in [0.5, 0.6) is 0 Å². The van der Waals surface area contributed by atoms with Crippen molar-refractivity contribution in [3.63, 3.8) is 0 Å². The molecule has 0 atom stereocenters. The summed E-state index contributed by atoms with van der Waals surface area (Å²) in [5.41, 5.74) is 7.51. The lowest BCUT2D eigenvalue weighted by molar-refractivity contribution is -0.117. The van der Waals surface area contributed by atoms with E-state index in [1.54, 1.807) is 5.38 Å². The van der Waals surface area contributed by atoms with Crippen LogP contribution in [0.3, 0.4) is 0 Å². The summed E-state index contributed by atoms with van der Waals surface area (Å²) in [7, 11) is 0. The Bertz CT molecular complexity index is 671. The van der Waals surface area contributed by atoms with Crippen LogP contribution >= 0.6 is 11.3 Å². The van der Waals surface area contributed by atoms with Gasteiger partial charge in [0, 0.05) is 10.9 Å². The summed E-state index contributed by atoms with van der Waals surface area (Å²) in [6, 6.07) is 7.40. The van der Waals surface area contributed by atoms with Crippen LogP contribution in [0.2, 0.25) is 0 Å². The molecule has 0 bridgehead atoms. The van der Waals surface area contributed by atoms with Crippen molar-refractivity contribution in [2.45, 2.75) is 6.42 Å². The quantitative estimate of drug-likeness (QED) is 0.797. The Labute approximate surface area is 107 Å². The van der Waals surface area contributed by atoms with Crippen LogP contribution in [0.1, 0.15) is 12.0 Å². The van der Waals surface area contributed by atoms with Crippen molar-refractivity contribution in [1.82, 2.24) is 4.98 Å². The Morgan fingerprint density at radius 1 is 1.33 bits per heavy atom. The fraction of sp³-hybridized carbons (Fsp3) is 0.0769. The Morgan fingerprint density at radius 2 is 2.06 bits per heavy atom. The van der Waals surface area contributed by atoms with E-state index >= 15 is 0 Å². The largest absolute Gasteiger partial charge is 0.369 e. The molecule has 0 aliphatic heterocycles. The van der Waals surface area contributed by atoms with E-state index < -0.39 is 5.91 Å². The molecule has 18 heavy (non-hydrogen) atoms. The smallest absolute Gasteiger partial charge is 0.304 e. The second-order valence-electron chi connectivity index (χ2n) is 3.58. The van der Waals surface area contributed by atoms with E-state index in [1.807, 2.05) is 24.3 Å². The molecule has 0 unspecified atom stereocenters. The highest BCUT2D eigenvalue weighted by Gasteiger charge is 1.99. The molecule has 1 amide bonds. The van der Waals surface area contributed by atoms with Gasteiger partial charge in [0.1, 0.15) is 0 Å². The van der Waals surface area contributed by atoms with E-state index in [0.29, 0.717) is 0 Å². The van der Waals surface area contributed by atoms with E-state index in [-0.39, 0.29) is 11.3 Å². The number of aromatic nitrogens is 1. The number of carbonyl (C=O) groups is 1. The summed E-state index contributed by atoms with van der Waals surface area (Å²) in [6.07, 6.45) is 0.0552. The van der Waals surface area contributed by atoms with Gasteiger partial charge in [-0.2, -0.15) is 0 Å². The highest BCUT2D eigenvalue weighted by molar-refractivity contribution is 7.07. The summed E-state index contributed by atoms with van der Waals surface area (Å²) in [5.74, 6) is 5.09. The lowest BCUT2D eigenvalue weighted by Gasteiger charge is -1.96. The van der Waals surface area contributed by atoms with Crippen molar-refractivity contribution in [2.75, 3.05) is 0 Å². The number of thiazole rings is 1. The fourth-order valence-corrected chi connectivity index (χ4v) is 1.98. The minimum atomic E-state index is -0.435. The van der Waals surface area contributed by atoms with Crippen LogP contribution in [0.4, 0.5) is 0 Å². The highest BCUT2D eigenvalue weighted by atomic mass is 32.1. The third-order valence-corrected chi connectivity index (χ3v) is 2.88. The van der Waals surface area contributed by atoms with Crippen LogP contribution < -0.4 is 10.6 Å². The van der Waals surface area contributed by atoms with Crippen LogP contribution in [0, 0.1) is 11.8 Å². The van der Waals surface area contributed by atoms with Crippen molar-refractivity contribution < 1.29 is 4.79 Å². The topological polar surface area (TPSA) is 76.0 Å². The molecule has 1 aromatic carbocycles. The Hall–Kier alpha value is -2.32. The van der Waals surface area contributed by atoms with Gasteiger partial charge in [-0.1, -0.05) is 35.3 Å². The molecule has 90 valence electrons. The van der Waals surface area contributed by atoms with Crippen molar-refractivity contribution in [2.24, 2.45) is 5.73 Å². The fourth-order valence-electron chi connectivity index (χ4n) is 1.39. The summed E-state index contributed by atoms with van der Waals surface area (Å²) < 4.78 is 0. The molecule has 3 N–H and O–H groups in total. The number of primary amides is 1. The molecule has 1 heterocycles. The van der Waals surface area contributed by atoms with Gasteiger partial charge in [0.15, 0.2) is 0 Å². The maximum atomic E-state index is 11.0. The van der Waals surface area contributed by atoms with Gasteiger partial charge in [0.05, 0.1) is 12.1 Å². The minimum absolute atomic E-state index is 0.0552. The normalized spacial score (nSPS) is 9.56. The SMILES string of the molecule is NC(=O)CC#Cc1ccc(-c2csc(=O)[nH]2)cc1. The van der Waals surface area contributed by atoms with Gasteiger partial charge in [-0.3, -0.25) is 9.59 Å². The number of hydrogen-bond acceptors (Lipinski definition) is 3. The summed E-state index contributed by atoms with van der Waals surface area (Å²) >= 11 is 1.13. The molecular weight excluding hydrogens is 248 g/mol. The molecule has 0 spiro atoms. The van der Waals surface area contributed by atoms with Gasteiger partial charge >= 0.3 is 4.87 Å². The number of H-pyrrole nitrogens is 1. The van der Waals surface area contributed by atoms with Gasteiger partial charge < -0.3 is 10.7 Å². The van der Waals surface area contributed by atoms with E-state index in [4.69, 9.17) is 5.73 Å². The zero-order valence-corrected chi connectivity index (χ0v) is 10.2. The van der Waals surface area contributed by atoms with Crippen molar-refractivity contribution in [3.05, 3.63) is 44.9 Å². The highest BCUT2D eigenvalue weighted by Crippen LogP contribution is 2.17. The van der Waals surface area contributed by atoms with Gasteiger partial charge in [-0.25, -0.2) is 0 Å². The molecule has 2 rings (SSSR count). The van der Waals surface area contributed by atoms with Crippen molar-refractivity contribution in [1.29, 1.82) is 0 Å². The molecule has 5 heteroatoms. The molecule has 4 nitrogen and oxygen atoms in total. The maximum Gasteiger partial charge on any atom is 0.304 e. The van der Waals surface area contributed by atoms with Gasteiger partial charge in [0.2, 0.25) is 5.91 Å². The number of benzene rings is 1. The molecular formula is C13H10N2O2S. The molecule has 2 aromatic rings. The lowest BCUT2D eigenvalue weighted by Crippen LogP contribution is -2.08. The Kier molecular flexibility index (Phi) is 3.60. The van der Waals surface area contributed by atoms with E-state index in [2.05, 4.69) is 16.8 Å². The zero-order chi connectivity index (χ0) is 13.0. The Morgan fingerprint density at radius 3 is 2.61 bits per heavy atom. The summed E-state index contributed by atoms with van der Waals surface area (Å²) in [5, 5.41) is 1.77. The molecule has 0 saturated heterocycles. The van der Waals surface area contributed by atoms with Gasteiger partial charge in [-0.05, 0) is 17.7 Å². The maximum absolute atomic E-state index is 11.0. The third-order valence-electron chi connectivity index (χ3n) is 2.21. The number of hydrogen-bond donors (Lipinski definition) is 2.